The molecule has 1 N–H and O–H groups in total. The summed E-state index contributed by atoms with van der Waals surface area (Å²) in [5, 5.41) is 3.57. The van der Waals surface area contributed by atoms with Gasteiger partial charge in [0, 0.05) is 26.2 Å². The smallest absolute Gasteiger partial charge is 0.410 e. The summed E-state index contributed by atoms with van der Waals surface area (Å²) >= 11 is 0. The number of amides is 1. The van der Waals surface area contributed by atoms with Crippen molar-refractivity contribution in [1.82, 2.24) is 10.2 Å². The molecule has 0 aliphatic heterocycles. The third kappa shape index (κ3) is 8.03. The minimum absolute atomic E-state index is 0.274. The highest BCUT2D eigenvalue weighted by molar-refractivity contribution is 5.67. The molecule has 0 fully saturated rings. The molecule has 1 aromatic rings. The van der Waals surface area contributed by atoms with Crippen LogP contribution in [0.5, 0.6) is 0 Å². The van der Waals surface area contributed by atoms with Crippen LogP contribution >= 0.6 is 0 Å². The van der Waals surface area contributed by atoms with Gasteiger partial charge in [-0.1, -0.05) is 50.1 Å². The van der Waals surface area contributed by atoms with Gasteiger partial charge in [-0.25, -0.2) is 4.79 Å². The van der Waals surface area contributed by atoms with Crippen LogP contribution in [-0.4, -0.2) is 36.7 Å². The number of nitrogens with one attached hydrogen (secondary N) is 1. The van der Waals surface area contributed by atoms with Gasteiger partial charge in [0.2, 0.25) is 0 Å². The number of ether oxygens (including phenoxy) is 1. The van der Waals surface area contributed by atoms with Crippen molar-refractivity contribution in [3.63, 3.8) is 0 Å². The van der Waals surface area contributed by atoms with Crippen molar-refractivity contribution in [2.45, 2.75) is 58.6 Å². The summed E-state index contributed by atoms with van der Waals surface area (Å²) in [5.74, 6) is 0. The molecular formula is C19H32N2O2. The SMILES string of the molecule is CCCCC(NCCN(C)C(=O)OC(C)(C)C)c1ccccc1. The van der Waals surface area contributed by atoms with Gasteiger partial charge in [-0.15, -0.1) is 0 Å². The molecule has 0 saturated heterocycles. The number of nitrogens with zero attached hydrogens (tertiary/aromatic N) is 1. The zero-order chi connectivity index (χ0) is 17.3. The van der Waals surface area contributed by atoms with E-state index in [1.54, 1.807) is 11.9 Å². The molecule has 23 heavy (non-hydrogen) atoms. The quantitative estimate of drug-likeness (QED) is 0.773. The molecule has 1 rings (SSSR count). The van der Waals surface area contributed by atoms with E-state index in [-0.39, 0.29) is 6.09 Å². The highest BCUT2D eigenvalue weighted by Gasteiger charge is 2.19. The van der Waals surface area contributed by atoms with Crippen molar-refractivity contribution < 1.29 is 9.53 Å². The highest BCUT2D eigenvalue weighted by atomic mass is 16.6. The van der Waals surface area contributed by atoms with E-state index in [1.807, 2.05) is 26.8 Å². The summed E-state index contributed by atoms with van der Waals surface area (Å²) in [7, 11) is 1.78. The normalized spacial score (nSPS) is 12.7. The van der Waals surface area contributed by atoms with Gasteiger partial charge in [-0.2, -0.15) is 0 Å². The van der Waals surface area contributed by atoms with E-state index in [1.165, 1.54) is 18.4 Å². The van der Waals surface area contributed by atoms with Gasteiger partial charge < -0.3 is 15.0 Å². The number of unbranched alkanes of at least 4 members (excludes halogenated alkanes) is 1. The lowest BCUT2D eigenvalue weighted by atomic mass is 10.0. The summed E-state index contributed by atoms with van der Waals surface area (Å²) in [4.78, 5) is 13.6. The first-order chi connectivity index (χ1) is 10.8. The van der Waals surface area contributed by atoms with Gasteiger partial charge in [0.05, 0.1) is 0 Å². The minimum Gasteiger partial charge on any atom is -0.444 e. The Morgan fingerprint density at radius 1 is 1.26 bits per heavy atom. The fourth-order valence-corrected chi connectivity index (χ4v) is 2.32. The Kier molecular flexibility index (Phi) is 8.10. The fourth-order valence-electron chi connectivity index (χ4n) is 2.32. The van der Waals surface area contributed by atoms with Crippen LogP contribution in [-0.2, 0) is 4.74 Å². The van der Waals surface area contributed by atoms with Crippen LogP contribution in [0.1, 0.15) is 58.6 Å². The Bertz CT molecular complexity index is 454. The summed E-state index contributed by atoms with van der Waals surface area (Å²) < 4.78 is 5.37. The van der Waals surface area contributed by atoms with Crippen molar-refractivity contribution in [2.24, 2.45) is 0 Å². The molecule has 0 radical (unpaired) electrons. The molecule has 130 valence electrons. The van der Waals surface area contributed by atoms with Crippen molar-refractivity contribution in [3.8, 4) is 0 Å². The lowest BCUT2D eigenvalue weighted by Gasteiger charge is -2.26. The van der Waals surface area contributed by atoms with Gasteiger partial charge in [0.25, 0.3) is 0 Å². The van der Waals surface area contributed by atoms with E-state index in [2.05, 4.69) is 36.5 Å². The van der Waals surface area contributed by atoms with Gasteiger partial charge in [0.1, 0.15) is 5.60 Å². The second-order valence-electron chi connectivity index (χ2n) is 6.96. The van der Waals surface area contributed by atoms with E-state index in [0.717, 1.165) is 13.0 Å². The summed E-state index contributed by atoms with van der Waals surface area (Å²) in [6.07, 6.45) is 3.21. The number of likely N-dealkylation sites (N-methyl/N-ethyl adjacent to an activating group) is 1. The third-order valence-corrected chi connectivity index (χ3v) is 3.59. The summed E-state index contributed by atoms with van der Waals surface area (Å²) in [6.45, 7) is 9.23. The molecule has 1 atom stereocenters. The van der Waals surface area contributed by atoms with Crippen molar-refractivity contribution in [2.75, 3.05) is 20.1 Å². The van der Waals surface area contributed by atoms with E-state index in [0.29, 0.717) is 12.6 Å². The maximum absolute atomic E-state index is 12.0. The van der Waals surface area contributed by atoms with Crippen LogP contribution in [0.15, 0.2) is 30.3 Å². The van der Waals surface area contributed by atoms with Crippen molar-refractivity contribution in [3.05, 3.63) is 35.9 Å². The molecule has 0 saturated carbocycles. The largest absolute Gasteiger partial charge is 0.444 e. The lowest BCUT2D eigenvalue weighted by molar-refractivity contribution is 0.0299. The van der Waals surface area contributed by atoms with Crippen molar-refractivity contribution in [1.29, 1.82) is 0 Å². The monoisotopic (exact) mass is 320 g/mol. The topological polar surface area (TPSA) is 41.6 Å². The number of benzene rings is 1. The van der Waals surface area contributed by atoms with Crippen LogP contribution in [0.25, 0.3) is 0 Å². The summed E-state index contributed by atoms with van der Waals surface area (Å²) in [5.41, 5.74) is 0.854. The van der Waals surface area contributed by atoms with Crippen molar-refractivity contribution >= 4 is 6.09 Å². The Hall–Kier alpha value is -1.55. The molecule has 4 nitrogen and oxygen atoms in total. The molecule has 0 aliphatic carbocycles. The number of rotatable bonds is 8. The second kappa shape index (κ2) is 9.56. The number of carbonyl (C=O) groups excluding carboxylic acids is 1. The van der Waals surface area contributed by atoms with E-state index in [9.17, 15) is 4.79 Å². The van der Waals surface area contributed by atoms with Crippen LogP contribution in [0.2, 0.25) is 0 Å². The molecule has 4 heteroatoms. The predicted molar refractivity (Wildman–Crippen MR) is 95.6 cm³/mol. The first-order valence-electron chi connectivity index (χ1n) is 8.56. The lowest BCUT2D eigenvalue weighted by Crippen LogP contribution is -2.38. The van der Waals surface area contributed by atoms with Crippen LogP contribution < -0.4 is 5.32 Å². The standard InChI is InChI=1S/C19H32N2O2/c1-6-7-13-17(16-11-9-8-10-12-16)20-14-15-21(5)18(22)23-19(2,3)4/h8-12,17,20H,6-7,13-15H2,1-5H3. The Balaban J connectivity index is 2.47. The van der Waals surface area contributed by atoms with E-state index in [4.69, 9.17) is 4.74 Å². The Morgan fingerprint density at radius 3 is 2.48 bits per heavy atom. The fraction of sp³-hybridized carbons (Fsp3) is 0.632. The number of hydrogen-bond donors (Lipinski definition) is 1. The highest BCUT2D eigenvalue weighted by Crippen LogP contribution is 2.19. The molecule has 0 spiro atoms. The zero-order valence-electron chi connectivity index (χ0n) is 15.3. The van der Waals surface area contributed by atoms with Crippen LogP contribution in [0.3, 0.4) is 0 Å². The number of carbonyl (C=O) groups is 1. The molecule has 0 bridgehead atoms. The summed E-state index contributed by atoms with van der Waals surface area (Å²) in [6, 6.07) is 10.8. The molecule has 0 heterocycles. The number of hydrogen-bond acceptors (Lipinski definition) is 3. The Morgan fingerprint density at radius 2 is 1.91 bits per heavy atom. The molecule has 1 unspecified atom stereocenters. The average Bonchev–Trinajstić information content (AvgIpc) is 2.49. The van der Waals surface area contributed by atoms with Gasteiger partial charge in [0.15, 0.2) is 0 Å². The first-order valence-corrected chi connectivity index (χ1v) is 8.56. The molecule has 0 aliphatic rings. The molecule has 1 amide bonds. The van der Waals surface area contributed by atoms with Gasteiger partial charge in [-0.3, -0.25) is 0 Å². The molecule has 0 aromatic heterocycles. The van der Waals surface area contributed by atoms with Gasteiger partial charge in [-0.05, 0) is 32.8 Å². The minimum atomic E-state index is -0.452. The first kappa shape index (κ1) is 19.5. The van der Waals surface area contributed by atoms with E-state index < -0.39 is 5.60 Å². The van der Waals surface area contributed by atoms with Crippen LogP contribution in [0.4, 0.5) is 4.79 Å². The van der Waals surface area contributed by atoms with E-state index >= 15 is 0 Å². The maximum atomic E-state index is 12.0. The van der Waals surface area contributed by atoms with Crippen LogP contribution in [0, 0.1) is 0 Å². The maximum Gasteiger partial charge on any atom is 0.410 e. The zero-order valence-corrected chi connectivity index (χ0v) is 15.3. The average molecular weight is 320 g/mol. The predicted octanol–water partition coefficient (Wildman–Crippen LogP) is 4.37. The second-order valence-corrected chi connectivity index (χ2v) is 6.96. The molecular weight excluding hydrogens is 288 g/mol. The third-order valence-electron chi connectivity index (χ3n) is 3.59. The Labute approximate surface area is 141 Å². The molecule has 1 aromatic carbocycles. The van der Waals surface area contributed by atoms with Gasteiger partial charge >= 0.3 is 6.09 Å².